The van der Waals surface area contributed by atoms with Crippen molar-refractivity contribution in [2.24, 2.45) is 5.73 Å². The first-order chi connectivity index (χ1) is 15.0. The van der Waals surface area contributed by atoms with Gasteiger partial charge in [0.15, 0.2) is 0 Å². The number of nitrogens with one attached hydrogen (secondary N) is 1. The zero-order valence-electron chi connectivity index (χ0n) is 18.0. The quantitative estimate of drug-likeness (QED) is 0.336. The molecule has 8 nitrogen and oxygen atoms in total. The summed E-state index contributed by atoms with van der Waals surface area (Å²) in [6, 6.07) is 12.9. The predicted molar refractivity (Wildman–Crippen MR) is 120 cm³/mol. The Balaban J connectivity index is 1.88. The van der Waals surface area contributed by atoms with Gasteiger partial charge in [0, 0.05) is 25.0 Å². The summed E-state index contributed by atoms with van der Waals surface area (Å²) in [6.07, 6.45) is 1.32. The second-order valence-corrected chi connectivity index (χ2v) is 9.66. The van der Waals surface area contributed by atoms with Crippen molar-refractivity contribution in [1.82, 2.24) is 5.32 Å². The number of esters is 1. The van der Waals surface area contributed by atoms with Crippen LogP contribution in [-0.4, -0.2) is 45.7 Å². The maximum Gasteiger partial charge on any atom is 0.346 e. The smallest absolute Gasteiger partial charge is 0.346 e. The van der Waals surface area contributed by atoms with E-state index < -0.39 is 25.4 Å². The molecule has 3 N–H and O–H groups in total. The van der Waals surface area contributed by atoms with Crippen LogP contribution in [0.25, 0.3) is 21.9 Å². The largest absolute Gasteiger partial charge is 0.468 e. The van der Waals surface area contributed by atoms with E-state index >= 15 is 0 Å². The summed E-state index contributed by atoms with van der Waals surface area (Å²) in [5.74, 6) is -1.17. The van der Waals surface area contributed by atoms with E-state index in [4.69, 9.17) is 23.9 Å². The minimum atomic E-state index is -3.48. The Morgan fingerprint density at radius 2 is 1.81 bits per heavy atom. The van der Waals surface area contributed by atoms with Gasteiger partial charge >= 0.3 is 13.6 Å². The number of benzene rings is 2. The lowest BCUT2D eigenvalue weighted by Gasteiger charge is -2.28. The first-order valence-electron chi connectivity index (χ1n) is 10.1. The topological polar surface area (TPSA) is 113 Å². The zero-order valence-corrected chi connectivity index (χ0v) is 18.9. The van der Waals surface area contributed by atoms with E-state index in [1.54, 1.807) is 0 Å². The highest BCUT2D eigenvalue weighted by Crippen LogP contribution is 2.52. The van der Waals surface area contributed by atoms with E-state index in [-0.39, 0.29) is 0 Å². The highest BCUT2D eigenvalue weighted by molar-refractivity contribution is 7.54. The maximum absolute atomic E-state index is 13.0. The first-order valence-corrected chi connectivity index (χ1v) is 11.7. The lowest BCUT2D eigenvalue weighted by Crippen LogP contribution is -2.45. The molecular weight excluding hydrogens is 419 g/mol. The molecule has 0 radical (unpaired) electrons. The summed E-state index contributed by atoms with van der Waals surface area (Å²) in [5.41, 5.74) is 8.04. The molecular formula is C22H29N2O6P. The summed E-state index contributed by atoms with van der Waals surface area (Å²) in [7, 11) is 0.485. The third kappa shape index (κ3) is 5.17. The number of fused-ring (bicyclic) bond motifs is 3. The number of para-hydroxylation sites is 1. The Morgan fingerprint density at radius 3 is 2.48 bits per heavy atom. The molecule has 0 bridgehead atoms. The number of carbonyl (C=O) groups is 1. The maximum atomic E-state index is 13.0. The van der Waals surface area contributed by atoms with Crippen LogP contribution in [0.1, 0.15) is 18.4 Å². The molecule has 0 aliphatic rings. The van der Waals surface area contributed by atoms with Crippen molar-refractivity contribution in [1.29, 1.82) is 0 Å². The van der Waals surface area contributed by atoms with Gasteiger partial charge in [-0.15, -0.1) is 0 Å². The molecule has 1 heterocycles. The number of carbonyl (C=O) groups excluding carboxylic acids is 1. The van der Waals surface area contributed by atoms with Crippen molar-refractivity contribution in [3.8, 4) is 0 Å². The number of methoxy groups -OCH3 is 1. The number of rotatable bonds is 11. The second-order valence-electron chi connectivity index (χ2n) is 7.23. The molecule has 0 spiro atoms. The van der Waals surface area contributed by atoms with Crippen LogP contribution >= 0.6 is 7.60 Å². The van der Waals surface area contributed by atoms with Crippen LogP contribution in [0.4, 0.5) is 0 Å². The molecule has 0 amide bonds. The van der Waals surface area contributed by atoms with Crippen molar-refractivity contribution >= 4 is 35.5 Å². The van der Waals surface area contributed by atoms with Gasteiger partial charge in [0.05, 0.1) is 7.11 Å². The van der Waals surface area contributed by atoms with Gasteiger partial charge in [-0.3, -0.25) is 14.7 Å². The third-order valence-electron chi connectivity index (χ3n) is 5.33. The molecule has 2 aromatic carbocycles. The molecule has 0 fully saturated rings. The monoisotopic (exact) mass is 448 g/mol. The fourth-order valence-electron chi connectivity index (χ4n) is 3.69. The molecule has 9 heteroatoms. The Kier molecular flexibility index (Phi) is 7.86. The van der Waals surface area contributed by atoms with Gasteiger partial charge in [0.1, 0.15) is 23.0 Å². The summed E-state index contributed by atoms with van der Waals surface area (Å²) < 4.78 is 34.3. The zero-order chi connectivity index (χ0) is 22.4. The minimum Gasteiger partial charge on any atom is -0.468 e. The average molecular weight is 448 g/mol. The molecule has 3 rings (SSSR count). The van der Waals surface area contributed by atoms with Crippen LogP contribution in [-0.2, 0) is 29.6 Å². The van der Waals surface area contributed by atoms with Crippen molar-refractivity contribution in [2.45, 2.75) is 31.1 Å². The first kappa shape index (κ1) is 23.4. The Morgan fingerprint density at radius 1 is 1.10 bits per heavy atom. The highest BCUT2D eigenvalue weighted by Gasteiger charge is 2.37. The standard InChI is InChI=1S/C22H29N2O6P/c1-27-22(25)18(24-21(9-6-12-23)31(26,28-2)29-3)13-15-10-11-17-16-7-4-5-8-19(16)30-20(17)14-15/h4-5,7-8,10-11,14,18,21,24H,6,9,12-13,23H2,1-3H3/t18-,21-/m0/s1. The van der Waals surface area contributed by atoms with Crippen molar-refractivity contribution < 1.29 is 27.6 Å². The van der Waals surface area contributed by atoms with Crippen LogP contribution in [0.15, 0.2) is 46.9 Å². The van der Waals surface area contributed by atoms with Crippen LogP contribution < -0.4 is 11.1 Å². The number of nitrogens with two attached hydrogens (primary N) is 1. The van der Waals surface area contributed by atoms with Crippen LogP contribution in [0.3, 0.4) is 0 Å². The summed E-state index contributed by atoms with van der Waals surface area (Å²) >= 11 is 0. The number of hydrogen-bond donors (Lipinski definition) is 2. The molecule has 0 saturated carbocycles. The highest BCUT2D eigenvalue weighted by atomic mass is 31.2. The fourth-order valence-corrected chi connectivity index (χ4v) is 5.21. The molecule has 3 aromatic rings. The molecule has 0 aliphatic carbocycles. The van der Waals surface area contributed by atoms with Crippen LogP contribution in [0.5, 0.6) is 0 Å². The van der Waals surface area contributed by atoms with E-state index in [9.17, 15) is 9.36 Å². The molecule has 2 atom stereocenters. The Hall–Kier alpha value is -2.22. The average Bonchev–Trinajstić information content (AvgIpc) is 3.17. The van der Waals surface area contributed by atoms with Gasteiger partial charge in [-0.1, -0.05) is 30.3 Å². The third-order valence-corrected chi connectivity index (χ3v) is 7.52. The summed E-state index contributed by atoms with van der Waals surface area (Å²) in [4.78, 5) is 12.5. The molecule has 0 unspecified atom stereocenters. The van der Waals surface area contributed by atoms with Gasteiger partial charge < -0.3 is 23.9 Å². The predicted octanol–water partition coefficient (Wildman–Crippen LogP) is 3.81. The second kappa shape index (κ2) is 10.4. The molecule has 168 valence electrons. The molecule has 1 aromatic heterocycles. The van der Waals surface area contributed by atoms with Gasteiger partial charge in [-0.05, 0) is 43.5 Å². The molecule has 0 saturated heterocycles. The normalized spacial score (nSPS) is 14.1. The SMILES string of the molecule is COC(=O)[C@H](Cc1ccc2c(c1)oc1ccccc12)N[C@H](CCCN)P(=O)(OC)OC. The van der Waals surface area contributed by atoms with Gasteiger partial charge in [0.25, 0.3) is 0 Å². The van der Waals surface area contributed by atoms with Crippen molar-refractivity contribution in [3.05, 3.63) is 48.0 Å². The summed E-state index contributed by atoms with van der Waals surface area (Å²) in [6.45, 7) is 0.414. The number of hydrogen-bond acceptors (Lipinski definition) is 8. The van der Waals surface area contributed by atoms with Gasteiger partial charge in [-0.2, -0.15) is 0 Å². The molecule has 0 aliphatic heterocycles. The fraction of sp³-hybridized carbons (Fsp3) is 0.409. The number of ether oxygens (including phenoxy) is 1. The van der Waals surface area contributed by atoms with E-state index in [1.165, 1.54) is 21.3 Å². The van der Waals surface area contributed by atoms with E-state index in [1.807, 2.05) is 42.5 Å². The lowest BCUT2D eigenvalue weighted by atomic mass is 10.0. The van der Waals surface area contributed by atoms with Crippen molar-refractivity contribution in [2.75, 3.05) is 27.9 Å². The van der Waals surface area contributed by atoms with E-state index in [2.05, 4.69) is 5.32 Å². The van der Waals surface area contributed by atoms with Crippen LogP contribution in [0.2, 0.25) is 0 Å². The summed E-state index contributed by atoms with van der Waals surface area (Å²) in [5, 5.41) is 5.17. The minimum absolute atomic E-state index is 0.312. The van der Waals surface area contributed by atoms with E-state index in [0.717, 1.165) is 27.5 Å². The van der Waals surface area contributed by atoms with E-state index in [0.29, 0.717) is 25.8 Å². The Labute approximate surface area is 181 Å². The van der Waals surface area contributed by atoms with Gasteiger partial charge in [-0.25, -0.2) is 0 Å². The Bertz CT molecular complexity index is 1070. The lowest BCUT2D eigenvalue weighted by molar-refractivity contribution is -0.143. The van der Waals surface area contributed by atoms with Crippen LogP contribution in [0, 0.1) is 0 Å². The van der Waals surface area contributed by atoms with Crippen molar-refractivity contribution in [3.63, 3.8) is 0 Å². The van der Waals surface area contributed by atoms with Gasteiger partial charge in [0.2, 0.25) is 0 Å². The number of furan rings is 1. The molecule has 31 heavy (non-hydrogen) atoms.